The zero-order valence-electron chi connectivity index (χ0n) is 15.5. The third-order valence-corrected chi connectivity index (χ3v) is 5.45. The highest BCUT2D eigenvalue weighted by molar-refractivity contribution is 6.52. The van der Waals surface area contributed by atoms with Gasteiger partial charge >= 0.3 is 7.48 Å². The molecule has 1 N–H and O–H groups in total. The van der Waals surface area contributed by atoms with Gasteiger partial charge in [0, 0.05) is 28.6 Å². The molecule has 4 nitrogen and oxygen atoms in total. The van der Waals surface area contributed by atoms with Crippen LogP contribution in [0.2, 0.25) is 0 Å². The molecule has 0 spiro atoms. The lowest BCUT2D eigenvalue weighted by Crippen LogP contribution is -2.49. The molecule has 0 fully saturated rings. The summed E-state index contributed by atoms with van der Waals surface area (Å²) in [5.41, 5.74) is 1.18. The van der Waals surface area contributed by atoms with Crippen LogP contribution in [0.1, 0.15) is 27.7 Å². The summed E-state index contributed by atoms with van der Waals surface area (Å²) in [5, 5.41) is 14.6. The summed E-state index contributed by atoms with van der Waals surface area (Å²) in [5.74, 6) is 0. The van der Waals surface area contributed by atoms with Crippen molar-refractivity contribution in [2.45, 2.75) is 38.9 Å². The highest BCUT2D eigenvalue weighted by Crippen LogP contribution is 2.33. The average Bonchev–Trinajstić information content (AvgIpc) is 2.98. The molecule has 132 valence electrons. The van der Waals surface area contributed by atoms with Gasteiger partial charge in [-0.3, -0.25) is 4.98 Å². The van der Waals surface area contributed by atoms with Gasteiger partial charge in [-0.1, -0.05) is 24.3 Å². The number of aliphatic hydroxyl groups is 1. The quantitative estimate of drug-likeness (QED) is 0.572. The number of fused-ring (bicyclic) bond motifs is 5. The topological polar surface area (TPSA) is 55.5 Å². The van der Waals surface area contributed by atoms with E-state index in [4.69, 9.17) is 9.07 Å². The second kappa shape index (κ2) is 5.83. The van der Waals surface area contributed by atoms with E-state index in [0.717, 1.165) is 38.2 Å². The Kier molecular flexibility index (Phi) is 3.83. The first-order valence-corrected chi connectivity index (χ1v) is 8.81. The van der Waals surface area contributed by atoms with Crippen molar-refractivity contribution in [2.75, 3.05) is 0 Å². The van der Waals surface area contributed by atoms with E-state index < -0.39 is 11.2 Å². The van der Waals surface area contributed by atoms with Crippen molar-refractivity contribution in [1.82, 2.24) is 4.98 Å². The highest BCUT2D eigenvalue weighted by atomic mass is 16.5. The molecule has 2 aromatic heterocycles. The van der Waals surface area contributed by atoms with Gasteiger partial charge in [0.1, 0.15) is 11.2 Å². The molecule has 2 heterocycles. The first kappa shape index (κ1) is 17.1. The minimum Gasteiger partial charge on any atom is -0.455 e. The fourth-order valence-corrected chi connectivity index (χ4v) is 3.06. The Balaban J connectivity index is 1.81. The van der Waals surface area contributed by atoms with Crippen LogP contribution in [-0.4, -0.2) is 28.8 Å². The zero-order chi connectivity index (χ0) is 18.5. The minimum atomic E-state index is -0.934. The summed E-state index contributed by atoms with van der Waals surface area (Å²) in [6.07, 6.45) is 3.58. The van der Waals surface area contributed by atoms with Crippen molar-refractivity contribution < 1.29 is 14.2 Å². The lowest BCUT2D eigenvalue weighted by molar-refractivity contribution is -0.0893. The van der Waals surface area contributed by atoms with Crippen molar-refractivity contribution >= 4 is 45.7 Å². The van der Waals surface area contributed by atoms with E-state index in [0.29, 0.717) is 7.48 Å². The normalized spacial score (nSPS) is 13.0. The van der Waals surface area contributed by atoms with E-state index in [2.05, 4.69) is 29.2 Å². The van der Waals surface area contributed by atoms with E-state index in [-0.39, 0.29) is 0 Å². The molecular formula is C21H22BNO3. The number of pyridine rings is 1. The lowest BCUT2D eigenvalue weighted by Gasteiger charge is -2.37. The average molecular weight is 347 g/mol. The third-order valence-electron chi connectivity index (χ3n) is 5.45. The highest BCUT2D eigenvalue weighted by Gasteiger charge is 2.35. The Morgan fingerprint density at radius 3 is 2.46 bits per heavy atom. The molecule has 4 aromatic rings. The zero-order valence-corrected chi connectivity index (χ0v) is 15.5. The van der Waals surface area contributed by atoms with Gasteiger partial charge in [-0.25, -0.2) is 0 Å². The van der Waals surface area contributed by atoms with Gasteiger partial charge in [0.2, 0.25) is 0 Å². The molecule has 0 amide bonds. The van der Waals surface area contributed by atoms with Crippen molar-refractivity contribution in [3.63, 3.8) is 0 Å². The fourth-order valence-electron chi connectivity index (χ4n) is 3.06. The van der Waals surface area contributed by atoms with Gasteiger partial charge in [0.15, 0.2) is 0 Å². The Hall–Kier alpha value is -2.37. The van der Waals surface area contributed by atoms with Crippen LogP contribution in [0.25, 0.3) is 32.7 Å². The molecule has 5 heteroatoms. The first-order valence-electron chi connectivity index (χ1n) is 8.81. The second-order valence-corrected chi connectivity index (χ2v) is 7.79. The maximum absolute atomic E-state index is 10.3. The molecule has 2 aromatic carbocycles. The number of furan rings is 1. The van der Waals surface area contributed by atoms with Crippen LogP contribution in [0.5, 0.6) is 0 Å². The predicted molar refractivity (Wildman–Crippen MR) is 107 cm³/mol. The Morgan fingerprint density at radius 1 is 0.962 bits per heavy atom. The molecule has 0 unspecified atom stereocenters. The molecule has 0 saturated carbocycles. The Morgan fingerprint density at radius 2 is 1.69 bits per heavy atom. The van der Waals surface area contributed by atoms with Crippen molar-refractivity contribution in [1.29, 1.82) is 0 Å². The van der Waals surface area contributed by atoms with Crippen LogP contribution in [0, 0.1) is 0 Å². The minimum absolute atomic E-state index is 0.418. The smallest absolute Gasteiger partial charge is 0.310 e. The first-order chi connectivity index (χ1) is 12.3. The van der Waals surface area contributed by atoms with E-state index in [1.807, 2.05) is 32.2 Å². The third kappa shape index (κ3) is 2.68. The molecule has 0 saturated heterocycles. The Bertz CT molecular complexity index is 1110. The monoisotopic (exact) mass is 347 g/mol. The number of hydrogen-bond donors (Lipinski definition) is 1. The van der Waals surface area contributed by atoms with E-state index in [9.17, 15) is 5.11 Å². The van der Waals surface area contributed by atoms with Crippen molar-refractivity contribution in [3.8, 4) is 0 Å². The number of aromatic nitrogens is 1. The number of hydrogen-bond acceptors (Lipinski definition) is 4. The molecule has 0 radical (unpaired) electrons. The number of nitrogens with zero attached hydrogens (tertiary/aromatic N) is 1. The molecule has 0 aliphatic rings. The van der Waals surface area contributed by atoms with E-state index in [1.54, 1.807) is 20.0 Å². The van der Waals surface area contributed by atoms with Gasteiger partial charge in [-0.15, -0.1) is 0 Å². The van der Waals surface area contributed by atoms with Crippen LogP contribution in [0.4, 0.5) is 0 Å². The van der Waals surface area contributed by atoms with Crippen molar-refractivity contribution in [2.24, 2.45) is 0 Å². The molecule has 26 heavy (non-hydrogen) atoms. The predicted octanol–water partition coefficient (Wildman–Crippen LogP) is 3.68. The summed E-state index contributed by atoms with van der Waals surface area (Å²) in [6, 6.07) is 12.2. The second-order valence-electron chi connectivity index (χ2n) is 7.79. The van der Waals surface area contributed by atoms with Crippen molar-refractivity contribution in [3.05, 3.63) is 48.8 Å². The number of benzene rings is 2. The maximum Gasteiger partial charge on any atom is 0.310 e. The maximum atomic E-state index is 10.3. The van der Waals surface area contributed by atoms with E-state index >= 15 is 0 Å². The molecule has 0 aliphatic heterocycles. The van der Waals surface area contributed by atoms with Crippen LogP contribution in [-0.2, 0) is 4.65 Å². The molecule has 4 rings (SSSR count). The van der Waals surface area contributed by atoms with Crippen LogP contribution in [0.3, 0.4) is 0 Å². The van der Waals surface area contributed by atoms with Crippen LogP contribution >= 0.6 is 0 Å². The van der Waals surface area contributed by atoms with Crippen LogP contribution < -0.4 is 5.46 Å². The summed E-state index contributed by atoms with van der Waals surface area (Å²) in [6.45, 7) is 7.34. The molecule has 0 bridgehead atoms. The molecule has 0 atom stereocenters. The Labute approximate surface area is 153 Å². The van der Waals surface area contributed by atoms with Gasteiger partial charge < -0.3 is 14.2 Å². The fraction of sp³-hybridized carbons (Fsp3) is 0.286. The summed E-state index contributed by atoms with van der Waals surface area (Å²) in [4.78, 5) is 4.21. The molecular weight excluding hydrogens is 325 g/mol. The van der Waals surface area contributed by atoms with Gasteiger partial charge in [-0.2, -0.15) is 0 Å². The van der Waals surface area contributed by atoms with Crippen LogP contribution in [0.15, 0.2) is 53.2 Å². The molecule has 0 aliphatic carbocycles. The van der Waals surface area contributed by atoms with Gasteiger partial charge in [0.25, 0.3) is 0 Å². The summed E-state index contributed by atoms with van der Waals surface area (Å²) >= 11 is 0. The SMILES string of the molecule is CC(C)(O)C(C)(C)OBc1cccc2c1ccc1c3cnccc3oc21. The summed E-state index contributed by atoms with van der Waals surface area (Å²) in [7, 11) is 0.418. The largest absolute Gasteiger partial charge is 0.455 e. The van der Waals surface area contributed by atoms with Gasteiger partial charge in [-0.05, 0) is 50.7 Å². The lowest BCUT2D eigenvalue weighted by atomic mass is 9.80. The summed E-state index contributed by atoms with van der Waals surface area (Å²) < 4.78 is 12.2. The standard InChI is InChI=1S/C21H22BNO3/c1-20(2,24)21(3,4)26-22-17-7-5-6-14-13(17)8-9-15-16-12-23-11-10-18(16)25-19(14)15/h5-12,22,24H,1-4H3. The van der Waals surface area contributed by atoms with E-state index in [1.165, 1.54) is 0 Å². The number of rotatable bonds is 4. The van der Waals surface area contributed by atoms with Gasteiger partial charge in [0.05, 0.1) is 11.2 Å².